The van der Waals surface area contributed by atoms with Gasteiger partial charge in [-0.3, -0.25) is 0 Å². The Bertz CT molecular complexity index is 758. The van der Waals surface area contributed by atoms with Gasteiger partial charge in [-0.1, -0.05) is 18.2 Å². The van der Waals surface area contributed by atoms with Crippen LogP contribution in [0.15, 0.2) is 35.7 Å². The maximum absolute atomic E-state index is 6.33. The Balaban J connectivity index is 2.13. The summed E-state index contributed by atoms with van der Waals surface area (Å²) in [6, 6.07) is 10.3. The molecule has 4 rings (SSSR count). The van der Waals surface area contributed by atoms with Crippen molar-refractivity contribution in [3.63, 3.8) is 0 Å². The number of thiophene rings is 1. The van der Waals surface area contributed by atoms with E-state index >= 15 is 0 Å². The highest BCUT2D eigenvalue weighted by Gasteiger charge is 2.21. The number of nitrogens with two attached hydrogens (primary N) is 1. The fourth-order valence-electron chi connectivity index (χ4n) is 2.74. The molecule has 0 aliphatic heterocycles. The van der Waals surface area contributed by atoms with Crippen molar-refractivity contribution in [3.8, 4) is 11.3 Å². The van der Waals surface area contributed by atoms with Gasteiger partial charge in [0.25, 0.3) is 0 Å². The van der Waals surface area contributed by atoms with E-state index in [1.807, 2.05) is 29.5 Å². The van der Waals surface area contributed by atoms with Gasteiger partial charge in [0.05, 0.1) is 11.2 Å². The smallest absolute Gasteiger partial charge is 0.0773 e. The summed E-state index contributed by atoms with van der Waals surface area (Å²) in [4.78, 5) is 6.25. The highest BCUT2D eigenvalue weighted by atomic mass is 32.1. The molecule has 18 heavy (non-hydrogen) atoms. The Labute approximate surface area is 109 Å². The second-order valence-electron chi connectivity index (χ2n) is 4.63. The van der Waals surface area contributed by atoms with E-state index in [-0.39, 0.29) is 0 Å². The van der Waals surface area contributed by atoms with Gasteiger partial charge >= 0.3 is 0 Å². The zero-order valence-electron chi connectivity index (χ0n) is 9.81. The number of anilines is 1. The Morgan fingerprint density at radius 3 is 2.94 bits per heavy atom. The van der Waals surface area contributed by atoms with Crippen LogP contribution in [-0.4, -0.2) is 4.98 Å². The Hall–Kier alpha value is -1.87. The second kappa shape index (κ2) is 3.56. The minimum Gasteiger partial charge on any atom is -0.398 e. The first-order valence-electron chi connectivity index (χ1n) is 6.08. The number of hydrogen-bond acceptors (Lipinski definition) is 3. The molecule has 0 saturated carbocycles. The molecule has 2 N–H and O–H groups in total. The molecule has 2 aromatic heterocycles. The van der Waals surface area contributed by atoms with Crippen molar-refractivity contribution >= 4 is 27.9 Å². The SMILES string of the molecule is Nc1c2c(nc3ccccc13)-c1ccsc1CC2. The molecule has 88 valence electrons. The average Bonchev–Trinajstić information content (AvgIpc) is 2.88. The van der Waals surface area contributed by atoms with E-state index in [0.717, 1.165) is 35.1 Å². The average molecular weight is 252 g/mol. The zero-order valence-corrected chi connectivity index (χ0v) is 10.6. The third-order valence-electron chi connectivity index (χ3n) is 3.64. The fourth-order valence-corrected chi connectivity index (χ4v) is 3.62. The lowest BCUT2D eigenvalue weighted by Crippen LogP contribution is -2.07. The number of nitrogen functional groups attached to an aromatic ring is 1. The third-order valence-corrected chi connectivity index (χ3v) is 4.62. The highest BCUT2D eigenvalue weighted by molar-refractivity contribution is 7.10. The summed E-state index contributed by atoms with van der Waals surface area (Å²) in [5.41, 5.74) is 11.8. The molecule has 0 spiro atoms. The lowest BCUT2D eigenvalue weighted by atomic mass is 9.92. The van der Waals surface area contributed by atoms with Gasteiger partial charge in [-0.25, -0.2) is 4.98 Å². The predicted molar refractivity (Wildman–Crippen MR) is 76.9 cm³/mol. The number of fused-ring (bicyclic) bond motifs is 4. The predicted octanol–water partition coefficient (Wildman–Crippen LogP) is 3.64. The van der Waals surface area contributed by atoms with E-state index in [2.05, 4.69) is 17.5 Å². The summed E-state index contributed by atoms with van der Waals surface area (Å²) >= 11 is 1.82. The van der Waals surface area contributed by atoms with Gasteiger partial charge < -0.3 is 5.73 Å². The largest absolute Gasteiger partial charge is 0.398 e. The van der Waals surface area contributed by atoms with Crippen LogP contribution in [0.2, 0.25) is 0 Å². The minimum atomic E-state index is 0.910. The van der Waals surface area contributed by atoms with Crippen molar-refractivity contribution < 1.29 is 0 Å². The second-order valence-corrected chi connectivity index (χ2v) is 5.63. The number of aromatic nitrogens is 1. The molecule has 2 heterocycles. The topological polar surface area (TPSA) is 38.9 Å². The van der Waals surface area contributed by atoms with Gasteiger partial charge in [-0.2, -0.15) is 0 Å². The van der Waals surface area contributed by atoms with Gasteiger partial charge in [0.2, 0.25) is 0 Å². The molecule has 0 saturated heterocycles. The maximum atomic E-state index is 6.33. The molecule has 0 amide bonds. The Kier molecular flexibility index (Phi) is 2.00. The number of para-hydroxylation sites is 1. The van der Waals surface area contributed by atoms with E-state index in [1.165, 1.54) is 16.0 Å². The summed E-state index contributed by atoms with van der Waals surface area (Å²) < 4.78 is 0. The number of aryl methyl sites for hydroxylation is 1. The number of nitrogens with zero attached hydrogens (tertiary/aromatic N) is 1. The molecule has 0 bridgehead atoms. The lowest BCUT2D eigenvalue weighted by molar-refractivity contribution is 0.957. The first-order chi connectivity index (χ1) is 8.84. The first-order valence-corrected chi connectivity index (χ1v) is 6.96. The van der Waals surface area contributed by atoms with E-state index in [4.69, 9.17) is 10.7 Å². The quantitative estimate of drug-likeness (QED) is 0.663. The van der Waals surface area contributed by atoms with Crippen molar-refractivity contribution in [2.45, 2.75) is 12.8 Å². The molecule has 0 radical (unpaired) electrons. The van der Waals surface area contributed by atoms with Crippen molar-refractivity contribution in [1.82, 2.24) is 4.98 Å². The molecular weight excluding hydrogens is 240 g/mol. The molecule has 3 aromatic rings. The van der Waals surface area contributed by atoms with Gasteiger partial charge in [-0.05, 0) is 30.4 Å². The van der Waals surface area contributed by atoms with E-state index in [9.17, 15) is 0 Å². The van der Waals surface area contributed by atoms with Crippen LogP contribution < -0.4 is 5.73 Å². The van der Waals surface area contributed by atoms with Gasteiger partial charge in [0, 0.05) is 27.1 Å². The van der Waals surface area contributed by atoms with Gasteiger partial charge in [0.15, 0.2) is 0 Å². The van der Waals surface area contributed by atoms with Crippen LogP contribution in [0.3, 0.4) is 0 Å². The van der Waals surface area contributed by atoms with Gasteiger partial charge in [-0.15, -0.1) is 11.3 Å². The summed E-state index contributed by atoms with van der Waals surface area (Å²) in [5.74, 6) is 0. The molecule has 1 aromatic carbocycles. The van der Waals surface area contributed by atoms with E-state index in [0.29, 0.717) is 0 Å². The summed E-state index contributed by atoms with van der Waals surface area (Å²) in [6.07, 6.45) is 2.09. The van der Waals surface area contributed by atoms with Crippen LogP contribution in [0.1, 0.15) is 10.4 Å². The summed E-state index contributed by atoms with van der Waals surface area (Å²) in [6.45, 7) is 0. The van der Waals surface area contributed by atoms with Crippen molar-refractivity contribution in [3.05, 3.63) is 46.2 Å². The fraction of sp³-hybridized carbons (Fsp3) is 0.133. The van der Waals surface area contributed by atoms with Crippen LogP contribution >= 0.6 is 11.3 Å². The van der Waals surface area contributed by atoms with E-state index in [1.54, 1.807) is 0 Å². The van der Waals surface area contributed by atoms with Crippen LogP contribution in [0.4, 0.5) is 5.69 Å². The van der Waals surface area contributed by atoms with Crippen LogP contribution in [-0.2, 0) is 12.8 Å². The molecule has 0 fully saturated rings. The Morgan fingerprint density at radius 2 is 2.00 bits per heavy atom. The summed E-state index contributed by atoms with van der Waals surface area (Å²) in [5, 5.41) is 3.22. The lowest BCUT2D eigenvalue weighted by Gasteiger charge is -2.18. The third kappa shape index (κ3) is 1.25. The number of hydrogen-bond donors (Lipinski definition) is 1. The Morgan fingerprint density at radius 1 is 1.11 bits per heavy atom. The first kappa shape index (κ1) is 10.1. The summed E-state index contributed by atoms with van der Waals surface area (Å²) in [7, 11) is 0. The standard InChI is InChI=1S/C15H12N2S/c16-14-9-3-1-2-4-12(9)17-15-10-7-8-18-13(10)6-5-11(14)15/h1-4,7-8H,5-6H2,(H2,16,17). The van der Waals surface area contributed by atoms with Crippen molar-refractivity contribution in [2.24, 2.45) is 0 Å². The molecule has 1 aliphatic carbocycles. The molecule has 3 heteroatoms. The zero-order chi connectivity index (χ0) is 12.1. The number of rotatable bonds is 0. The molecular formula is C15H12N2S. The minimum absolute atomic E-state index is 0.910. The van der Waals surface area contributed by atoms with E-state index < -0.39 is 0 Å². The number of benzene rings is 1. The van der Waals surface area contributed by atoms with Gasteiger partial charge in [0.1, 0.15) is 0 Å². The molecule has 0 atom stereocenters. The molecule has 2 nitrogen and oxygen atoms in total. The van der Waals surface area contributed by atoms with Crippen molar-refractivity contribution in [1.29, 1.82) is 0 Å². The highest BCUT2D eigenvalue weighted by Crippen LogP contribution is 2.40. The normalized spacial score (nSPS) is 13.3. The van der Waals surface area contributed by atoms with Crippen molar-refractivity contribution in [2.75, 3.05) is 5.73 Å². The molecule has 0 unspecified atom stereocenters. The number of pyridine rings is 1. The van der Waals surface area contributed by atoms with Crippen LogP contribution in [0, 0.1) is 0 Å². The monoisotopic (exact) mass is 252 g/mol. The van der Waals surface area contributed by atoms with Crippen LogP contribution in [0.5, 0.6) is 0 Å². The maximum Gasteiger partial charge on any atom is 0.0773 e. The van der Waals surface area contributed by atoms with Crippen LogP contribution in [0.25, 0.3) is 22.2 Å². The molecule has 1 aliphatic rings.